The molecule has 0 saturated carbocycles. The van der Waals surface area contributed by atoms with Gasteiger partial charge in [-0.05, 0) is 61.9 Å². The number of benzene rings is 2. The summed E-state index contributed by atoms with van der Waals surface area (Å²) in [5.74, 6) is 0.893. The Balaban J connectivity index is 1.28. The molecule has 1 saturated heterocycles. The molecule has 1 aliphatic heterocycles. The molecule has 0 bridgehead atoms. The number of H-pyrrole nitrogens is 1. The number of fused-ring (bicyclic) bond motifs is 1. The Kier molecular flexibility index (Phi) is 4.66. The van der Waals surface area contributed by atoms with Crippen LogP contribution in [0.1, 0.15) is 30.4 Å². The third kappa shape index (κ3) is 3.54. The molecule has 0 spiro atoms. The van der Waals surface area contributed by atoms with Gasteiger partial charge in [-0.25, -0.2) is 0 Å². The average Bonchev–Trinajstić information content (AvgIpc) is 3.05. The molecule has 1 aliphatic rings. The van der Waals surface area contributed by atoms with Crippen LogP contribution in [0.5, 0.6) is 0 Å². The summed E-state index contributed by atoms with van der Waals surface area (Å²) in [6, 6.07) is 19.5. The summed E-state index contributed by atoms with van der Waals surface area (Å²) in [5.41, 5.74) is 4.18. The van der Waals surface area contributed by atoms with E-state index >= 15 is 0 Å². The van der Waals surface area contributed by atoms with Crippen LogP contribution in [0.4, 0.5) is 0 Å². The highest BCUT2D eigenvalue weighted by molar-refractivity contribution is 5.82. The Bertz CT molecular complexity index is 767. The Morgan fingerprint density at radius 1 is 0.917 bits per heavy atom. The van der Waals surface area contributed by atoms with Crippen LogP contribution in [0.25, 0.3) is 10.9 Å². The largest absolute Gasteiger partial charge is 0.361 e. The zero-order valence-electron chi connectivity index (χ0n) is 14.2. The fraction of sp³-hybridized carbons (Fsp3) is 0.364. The first-order chi connectivity index (χ1) is 11.9. The molecular weight excluding hydrogens is 292 g/mol. The van der Waals surface area contributed by atoms with Crippen molar-refractivity contribution in [2.24, 2.45) is 5.92 Å². The minimum atomic E-state index is 0.893. The molecule has 0 unspecified atom stereocenters. The summed E-state index contributed by atoms with van der Waals surface area (Å²) in [6.45, 7) is 3.55. The van der Waals surface area contributed by atoms with Gasteiger partial charge in [0.2, 0.25) is 0 Å². The van der Waals surface area contributed by atoms with Crippen molar-refractivity contribution in [3.63, 3.8) is 0 Å². The average molecular weight is 318 g/mol. The van der Waals surface area contributed by atoms with Gasteiger partial charge in [-0.3, -0.25) is 4.90 Å². The van der Waals surface area contributed by atoms with Gasteiger partial charge in [0.05, 0.1) is 0 Å². The fourth-order valence-electron chi connectivity index (χ4n) is 3.95. The SMILES string of the molecule is c1ccc(CCC2CCN(Cc3c[nH]c4ccccc34)CC2)cc1. The molecule has 3 aromatic rings. The quantitative estimate of drug-likeness (QED) is 0.700. The van der Waals surface area contributed by atoms with Crippen molar-refractivity contribution in [1.29, 1.82) is 0 Å². The van der Waals surface area contributed by atoms with Crippen molar-refractivity contribution in [2.75, 3.05) is 13.1 Å². The summed E-state index contributed by atoms with van der Waals surface area (Å²) in [6.07, 6.45) is 7.44. The maximum Gasteiger partial charge on any atom is 0.0457 e. The lowest BCUT2D eigenvalue weighted by Crippen LogP contribution is -2.33. The second-order valence-electron chi connectivity index (χ2n) is 7.10. The molecule has 2 heterocycles. The van der Waals surface area contributed by atoms with Crippen LogP contribution in [0, 0.1) is 5.92 Å². The number of para-hydroxylation sites is 1. The third-order valence-corrected chi connectivity index (χ3v) is 5.46. The summed E-state index contributed by atoms with van der Waals surface area (Å²) in [4.78, 5) is 6.02. The number of nitrogens with zero attached hydrogens (tertiary/aromatic N) is 1. The van der Waals surface area contributed by atoms with Crippen LogP contribution in [0.2, 0.25) is 0 Å². The predicted molar refractivity (Wildman–Crippen MR) is 101 cm³/mol. The first-order valence-corrected chi connectivity index (χ1v) is 9.20. The van der Waals surface area contributed by atoms with Crippen LogP contribution in [-0.4, -0.2) is 23.0 Å². The second kappa shape index (κ2) is 7.23. The normalized spacial score (nSPS) is 16.7. The summed E-state index contributed by atoms with van der Waals surface area (Å²) < 4.78 is 0. The highest BCUT2D eigenvalue weighted by Gasteiger charge is 2.19. The van der Waals surface area contributed by atoms with E-state index in [0.717, 1.165) is 12.5 Å². The standard InChI is InChI=1S/C22H26N2/c1-2-6-18(7-3-1)10-11-19-12-14-24(15-13-19)17-20-16-23-22-9-5-4-8-21(20)22/h1-9,16,19,23H,10-15,17H2. The zero-order chi connectivity index (χ0) is 16.2. The van der Waals surface area contributed by atoms with Gasteiger partial charge in [0.15, 0.2) is 0 Å². The third-order valence-electron chi connectivity index (χ3n) is 5.46. The molecule has 24 heavy (non-hydrogen) atoms. The van der Waals surface area contributed by atoms with E-state index in [1.807, 2.05) is 0 Å². The van der Waals surface area contributed by atoms with E-state index in [2.05, 4.69) is 70.7 Å². The molecule has 0 aliphatic carbocycles. The molecule has 0 amide bonds. The zero-order valence-corrected chi connectivity index (χ0v) is 14.2. The summed E-state index contributed by atoms with van der Waals surface area (Å²) >= 11 is 0. The van der Waals surface area contributed by atoms with Crippen molar-refractivity contribution < 1.29 is 0 Å². The Morgan fingerprint density at radius 3 is 2.50 bits per heavy atom. The van der Waals surface area contributed by atoms with Crippen molar-refractivity contribution in [3.8, 4) is 0 Å². The van der Waals surface area contributed by atoms with Crippen molar-refractivity contribution in [1.82, 2.24) is 9.88 Å². The highest BCUT2D eigenvalue weighted by atomic mass is 15.1. The van der Waals surface area contributed by atoms with E-state index < -0.39 is 0 Å². The lowest BCUT2D eigenvalue weighted by Gasteiger charge is -2.32. The smallest absolute Gasteiger partial charge is 0.0457 e. The van der Waals surface area contributed by atoms with E-state index in [9.17, 15) is 0 Å². The molecule has 1 N–H and O–H groups in total. The molecule has 124 valence electrons. The van der Waals surface area contributed by atoms with Gasteiger partial charge in [0.1, 0.15) is 0 Å². The number of hydrogen-bond acceptors (Lipinski definition) is 1. The van der Waals surface area contributed by atoms with Crippen LogP contribution in [-0.2, 0) is 13.0 Å². The van der Waals surface area contributed by atoms with Crippen molar-refractivity contribution >= 4 is 10.9 Å². The van der Waals surface area contributed by atoms with Gasteiger partial charge < -0.3 is 4.98 Å². The van der Waals surface area contributed by atoms with Gasteiger partial charge in [0.25, 0.3) is 0 Å². The Hall–Kier alpha value is -2.06. The van der Waals surface area contributed by atoms with Gasteiger partial charge in [-0.15, -0.1) is 0 Å². The number of aromatic amines is 1. The van der Waals surface area contributed by atoms with Gasteiger partial charge in [-0.1, -0.05) is 48.5 Å². The molecular formula is C22H26N2. The van der Waals surface area contributed by atoms with Crippen LogP contribution in [0.15, 0.2) is 60.8 Å². The minimum absolute atomic E-state index is 0.893. The highest BCUT2D eigenvalue weighted by Crippen LogP contribution is 2.25. The molecule has 0 radical (unpaired) electrons. The molecule has 2 nitrogen and oxygen atoms in total. The fourth-order valence-corrected chi connectivity index (χ4v) is 3.95. The predicted octanol–water partition coefficient (Wildman–Crippen LogP) is 5.01. The number of rotatable bonds is 5. The maximum absolute atomic E-state index is 3.40. The van der Waals surface area contributed by atoms with Gasteiger partial charge in [0, 0.05) is 23.6 Å². The Morgan fingerprint density at radius 2 is 1.67 bits per heavy atom. The molecule has 2 heteroatoms. The maximum atomic E-state index is 3.40. The van der Waals surface area contributed by atoms with E-state index in [1.54, 1.807) is 0 Å². The molecule has 0 atom stereocenters. The van der Waals surface area contributed by atoms with Crippen molar-refractivity contribution in [3.05, 3.63) is 71.9 Å². The van der Waals surface area contributed by atoms with E-state index in [0.29, 0.717) is 0 Å². The first kappa shape index (κ1) is 15.5. The number of aromatic nitrogens is 1. The number of aryl methyl sites for hydroxylation is 1. The van der Waals surface area contributed by atoms with E-state index in [4.69, 9.17) is 0 Å². The summed E-state index contributed by atoms with van der Waals surface area (Å²) in [5, 5.41) is 1.38. The molecule has 4 rings (SSSR count). The molecule has 1 aromatic heterocycles. The van der Waals surface area contributed by atoms with Gasteiger partial charge >= 0.3 is 0 Å². The Labute approximate surface area is 144 Å². The lowest BCUT2D eigenvalue weighted by atomic mass is 9.90. The van der Waals surface area contributed by atoms with E-state index in [1.165, 1.54) is 60.8 Å². The summed E-state index contributed by atoms with van der Waals surface area (Å²) in [7, 11) is 0. The van der Waals surface area contributed by atoms with E-state index in [-0.39, 0.29) is 0 Å². The molecule has 2 aromatic carbocycles. The number of nitrogens with one attached hydrogen (secondary N) is 1. The topological polar surface area (TPSA) is 19.0 Å². The second-order valence-corrected chi connectivity index (χ2v) is 7.10. The van der Waals surface area contributed by atoms with Crippen molar-refractivity contribution in [2.45, 2.75) is 32.2 Å². The molecule has 1 fully saturated rings. The van der Waals surface area contributed by atoms with Crippen LogP contribution >= 0.6 is 0 Å². The van der Waals surface area contributed by atoms with Crippen LogP contribution < -0.4 is 0 Å². The number of likely N-dealkylation sites (tertiary alicyclic amines) is 1. The number of piperidine rings is 1. The lowest BCUT2D eigenvalue weighted by molar-refractivity contribution is 0.173. The first-order valence-electron chi connectivity index (χ1n) is 9.20. The number of hydrogen-bond donors (Lipinski definition) is 1. The minimum Gasteiger partial charge on any atom is -0.361 e. The monoisotopic (exact) mass is 318 g/mol. The van der Waals surface area contributed by atoms with Crippen LogP contribution in [0.3, 0.4) is 0 Å². The van der Waals surface area contributed by atoms with Gasteiger partial charge in [-0.2, -0.15) is 0 Å².